The molecule has 8 nitrogen and oxygen atoms in total. The number of hydrogen-bond acceptors (Lipinski definition) is 7. The van der Waals surface area contributed by atoms with Crippen molar-refractivity contribution in [3.63, 3.8) is 0 Å². The molecule has 1 aliphatic heterocycles. The Balaban J connectivity index is 0.00000131. The topological polar surface area (TPSA) is 102 Å². The Morgan fingerprint density at radius 2 is 1.85 bits per heavy atom. The number of hydrazone groups is 1. The third-order valence-electron chi connectivity index (χ3n) is 4.07. The molecule has 2 aromatic carbocycles. The number of carbonyl (C=O) groups is 1. The SMILES string of the molecule is CC1=NN(c2ccccc2)C(=O)C1c1ccc([N+](=O)[O-])c2nsnc12.[H-].[Na+]. The first-order valence-electron chi connectivity index (χ1n) is 7.41. The van der Waals surface area contributed by atoms with Crippen molar-refractivity contribution in [2.24, 2.45) is 5.10 Å². The smallest absolute Gasteiger partial charge is 1.00 e. The number of anilines is 1. The van der Waals surface area contributed by atoms with Crippen molar-refractivity contribution >= 4 is 45.8 Å². The van der Waals surface area contributed by atoms with E-state index < -0.39 is 10.8 Å². The molecule has 126 valence electrons. The van der Waals surface area contributed by atoms with Gasteiger partial charge in [0, 0.05) is 6.07 Å². The van der Waals surface area contributed by atoms with E-state index in [9.17, 15) is 14.9 Å². The van der Waals surface area contributed by atoms with Gasteiger partial charge < -0.3 is 1.43 Å². The molecule has 1 aliphatic rings. The maximum atomic E-state index is 12.9. The molecule has 4 rings (SSSR count). The molecular formula is C16H12N5NaO3S. The van der Waals surface area contributed by atoms with Crippen molar-refractivity contribution in [1.29, 1.82) is 0 Å². The van der Waals surface area contributed by atoms with Crippen LogP contribution < -0.4 is 34.6 Å². The summed E-state index contributed by atoms with van der Waals surface area (Å²) < 4.78 is 8.20. The van der Waals surface area contributed by atoms with E-state index in [0.717, 1.165) is 11.7 Å². The molecule has 0 saturated carbocycles. The predicted molar refractivity (Wildman–Crippen MR) is 95.0 cm³/mol. The number of hydrogen-bond donors (Lipinski definition) is 0. The van der Waals surface area contributed by atoms with Crippen LogP contribution in [0, 0.1) is 10.1 Å². The molecule has 0 fully saturated rings. The number of aromatic nitrogens is 2. The van der Waals surface area contributed by atoms with Gasteiger partial charge in [-0.25, -0.2) is 0 Å². The molecule has 1 aromatic heterocycles. The van der Waals surface area contributed by atoms with Gasteiger partial charge in [-0.3, -0.25) is 14.9 Å². The van der Waals surface area contributed by atoms with Crippen LogP contribution in [0.4, 0.5) is 11.4 Å². The minimum atomic E-state index is -0.632. The molecule has 2 heterocycles. The maximum absolute atomic E-state index is 12.9. The maximum Gasteiger partial charge on any atom is 1.00 e. The van der Waals surface area contributed by atoms with E-state index in [1.807, 2.05) is 18.2 Å². The number of para-hydroxylation sites is 1. The first kappa shape index (κ1) is 18.6. The molecule has 0 N–H and O–H groups in total. The molecule has 10 heteroatoms. The van der Waals surface area contributed by atoms with Gasteiger partial charge >= 0.3 is 29.6 Å². The monoisotopic (exact) mass is 377 g/mol. The Kier molecular flexibility index (Phi) is 5.15. The first-order valence-corrected chi connectivity index (χ1v) is 8.14. The Morgan fingerprint density at radius 1 is 1.15 bits per heavy atom. The number of rotatable bonds is 3. The van der Waals surface area contributed by atoms with Crippen molar-refractivity contribution in [3.05, 3.63) is 58.1 Å². The van der Waals surface area contributed by atoms with Gasteiger partial charge in [-0.05, 0) is 30.7 Å². The van der Waals surface area contributed by atoms with E-state index in [4.69, 9.17) is 0 Å². The van der Waals surface area contributed by atoms with Crippen LogP contribution in [0.3, 0.4) is 0 Å². The zero-order valence-electron chi connectivity index (χ0n) is 15.0. The van der Waals surface area contributed by atoms with E-state index in [-0.39, 0.29) is 48.1 Å². The summed E-state index contributed by atoms with van der Waals surface area (Å²) in [4.78, 5) is 23.6. The molecule has 1 amide bonds. The van der Waals surface area contributed by atoms with Gasteiger partial charge in [-0.15, -0.1) is 0 Å². The zero-order valence-corrected chi connectivity index (χ0v) is 16.8. The summed E-state index contributed by atoms with van der Waals surface area (Å²) in [7, 11) is 0. The van der Waals surface area contributed by atoms with Gasteiger partial charge in [0.05, 0.1) is 28.1 Å². The fourth-order valence-electron chi connectivity index (χ4n) is 2.93. The number of fused-ring (bicyclic) bond motifs is 1. The summed E-state index contributed by atoms with van der Waals surface area (Å²) in [6, 6.07) is 12.0. The first-order chi connectivity index (χ1) is 12.1. The molecule has 0 spiro atoms. The Hall–Kier alpha value is -2.20. The molecule has 0 radical (unpaired) electrons. The summed E-state index contributed by atoms with van der Waals surface area (Å²) in [6.45, 7) is 1.76. The fraction of sp³-hybridized carbons (Fsp3) is 0.125. The van der Waals surface area contributed by atoms with E-state index >= 15 is 0 Å². The second-order valence-electron chi connectivity index (χ2n) is 5.55. The quantitative estimate of drug-likeness (QED) is 0.369. The number of non-ortho nitro benzene ring substituents is 1. The van der Waals surface area contributed by atoms with Gasteiger partial charge in [-0.1, -0.05) is 18.2 Å². The van der Waals surface area contributed by atoms with Crippen molar-refractivity contribution in [1.82, 2.24) is 8.75 Å². The number of amides is 1. The fourth-order valence-corrected chi connectivity index (χ4v) is 3.51. The van der Waals surface area contributed by atoms with Crippen LogP contribution in [0.5, 0.6) is 0 Å². The van der Waals surface area contributed by atoms with E-state index in [1.54, 1.807) is 25.1 Å². The van der Waals surface area contributed by atoms with Crippen LogP contribution in [-0.2, 0) is 4.79 Å². The second-order valence-corrected chi connectivity index (χ2v) is 6.08. The van der Waals surface area contributed by atoms with Crippen LogP contribution >= 0.6 is 11.7 Å². The summed E-state index contributed by atoms with van der Waals surface area (Å²) in [5.74, 6) is -0.848. The number of nitro groups is 1. The summed E-state index contributed by atoms with van der Waals surface area (Å²) >= 11 is 0.888. The zero-order chi connectivity index (χ0) is 17.6. The molecule has 1 unspecified atom stereocenters. The minimum absolute atomic E-state index is 0. The average Bonchev–Trinajstić information content (AvgIpc) is 3.20. The second kappa shape index (κ2) is 7.20. The third-order valence-corrected chi connectivity index (χ3v) is 4.59. The number of carbonyl (C=O) groups excluding carboxylic acids is 1. The molecule has 0 aliphatic carbocycles. The number of nitrogens with zero attached hydrogens (tertiary/aromatic N) is 5. The van der Waals surface area contributed by atoms with Crippen LogP contribution in [0.2, 0.25) is 0 Å². The van der Waals surface area contributed by atoms with Crippen molar-refractivity contribution in [2.45, 2.75) is 12.8 Å². The number of nitro benzene ring substituents is 1. The molecular weight excluding hydrogens is 365 g/mol. The summed E-state index contributed by atoms with van der Waals surface area (Å²) in [5.41, 5.74) is 2.32. The van der Waals surface area contributed by atoms with Crippen LogP contribution in [0.1, 0.15) is 19.8 Å². The Bertz CT molecular complexity index is 1040. The molecule has 0 bridgehead atoms. The molecule has 3 aromatic rings. The van der Waals surface area contributed by atoms with Gasteiger partial charge in [0.1, 0.15) is 11.4 Å². The summed E-state index contributed by atoms with van der Waals surface area (Å²) in [5, 5.41) is 16.9. The van der Waals surface area contributed by atoms with Gasteiger partial charge in [0.15, 0.2) is 5.52 Å². The van der Waals surface area contributed by atoms with Gasteiger partial charge in [0.25, 0.3) is 11.6 Å². The molecule has 0 saturated heterocycles. The normalized spacial score (nSPS) is 16.5. The Morgan fingerprint density at radius 3 is 2.54 bits per heavy atom. The largest absolute Gasteiger partial charge is 1.00 e. The van der Waals surface area contributed by atoms with E-state index in [1.165, 1.54) is 11.1 Å². The molecule has 1 atom stereocenters. The minimum Gasteiger partial charge on any atom is -1.00 e. The predicted octanol–water partition coefficient (Wildman–Crippen LogP) is 0.222. The average molecular weight is 377 g/mol. The van der Waals surface area contributed by atoms with Crippen LogP contribution in [-0.4, -0.2) is 25.3 Å². The third kappa shape index (κ3) is 2.92. The standard InChI is InChI=1S/C16H11N5O3S.Na.H/c1-9-13(16(22)20(17-9)10-5-3-2-4-6-10)11-7-8-12(21(23)24)15-14(11)18-25-19-15;;/h2-8,13H,1H3;;/q;+1;-1. The Labute approximate surface area is 175 Å². The van der Waals surface area contributed by atoms with E-state index in [0.29, 0.717) is 22.5 Å². The van der Waals surface area contributed by atoms with Crippen molar-refractivity contribution in [3.8, 4) is 0 Å². The summed E-state index contributed by atoms with van der Waals surface area (Å²) in [6.07, 6.45) is 0. The van der Waals surface area contributed by atoms with Crippen LogP contribution in [0.15, 0.2) is 47.6 Å². The van der Waals surface area contributed by atoms with Crippen molar-refractivity contribution in [2.75, 3.05) is 5.01 Å². The van der Waals surface area contributed by atoms with Gasteiger partial charge in [-0.2, -0.15) is 18.9 Å². The van der Waals surface area contributed by atoms with E-state index in [2.05, 4.69) is 13.8 Å². The van der Waals surface area contributed by atoms with Gasteiger partial charge in [0.2, 0.25) is 0 Å². The molecule has 26 heavy (non-hydrogen) atoms. The number of benzene rings is 2. The van der Waals surface area contributed by atoms with Crippen molar-refractivity contribution < 1.29 is 40.7 Å². The van der Waals surface area contributed by atoms with Crippen LogP contribution in [0.25, 0.3) is 11.0 Å².